The molecule has 1 amide bonds. The Labute approximate surface area is 113 Å². The summed E-state index contributed by atoms with van der Waals surface area (Å²) in [5, 5.41) is 0. The Morgan fingerprint density at radius 2 is 2.00 bits per heavy atom. The average Bonchev–Trinajstić information content (AvgIpc) is 2.93. The van der Waals surface area contributed by atoms with E-state index in [0.717, 1.165) is 48.3 Å². The van der Waals surface area contributed by atoms with Gasteiger partial charge in [-0.2, -0.15) is 0 Å². The molecule has 0 bridgehead atoms. The van der Waals surface area contributed by atoms with Gasteiger partial charge in [-0.25, -0.2) is 0 Å². The molecule has 1 spiro atoms. The number of amides is 1. The molecule has 100 valence electrons. The Kier molecular flexibility index (Phi) is 2.66. The molecule has 1 saturated carbocycles. The Morgan fingerprint density at radius 3 is 2.63 bits per heavy atom. The molecule has 0 unspecified atom stereocenters. The Balaban J connectivity index is 2.17. The van der Waals surface area contributed by atoms with Gasteiger partial charge in [-0.1, -0.05) is 19.4 Å². The fourth-order valence-corrected chi connectivity index (χ4v) is 3.49. The van der Waals surface area contributed by atoms with Crippen LogP contribution in [0.4, 0.5) is 5.69 Å². The summed E-state index contributed by atoms with van der Waals surface area (Å²) in [6.45, 7) is 4.25. The van der Waals surface area contributed by atoms with E-state index in [1.54, 1.807) is 12.0 Å². The molecule has 0 atom stereocenters. The minimum Gasteiger partial charge on any atom is -0.497 e. The van der Waals surface area contributed by atoms with Gasteiger partial charge in [0, 0.05) is 12.6 Å². The molecular weight excluding hydrogens is 238 g/mol. The summed E-state index contributed by atoms with van der Waals surface area (Å²) in [4.78, 5) is 14.5. The van der Waals surface area contributed by atoms with E-state index >= 15 is 0 Å². The fraction of sp³-hybridized carbons (Fsp3) is 0.438. The molecule has 1 aromatic rings. The van der Waals surface area contributed by atoms with Crippen LogP contribution in [0.5, 0.6) is 5.75 Å². The van der Waals surface area contributed by atoms with Gasteiger partial charge in [-0.3, -0.25) is 4.79 Å². The maximum atomic E-state index is 12.7. The minimum absolute atomic E-state index is 0.202. The smallest absolute Gasteiger partial charge is 0.237 e. The topological polar surface area (TPSA) is 29.5 Å². The van der Waals surface area contributed by atoms with Crippen LogP contribution in [-0.4, -0.2) is 20.1 Å². The summed E-state index contributed by atoms with van der Waals surface area (Å²) >= 11 is 0. The molecular formula is C16H19NO2. The highest BCUT2D eigenvalue weighted by molar-refractivity contribution is 6.11. The zero-order valence-electron chi connectivity index (χ0n) is 11.5. The van der Waals surface area contributed by atoms with Crippen molar-refractivity contribution in [2.75, 3.05) is 19.1 Å². The van der Waals surface area contributed by atoms with Gasteiger partial charge in [0.15, 0.2) is 0 Å². The lowest BCUT2D eigenvalue weighted by molar-refractivity contribution is -0.125. The summed E-state index contributed by atoms with van der Waals surface area (Å²) in [6, 6.07) is 5.84. The van der Waals surface area contributed by atoms with Crippen LogP contribution in [-0.2, 0) is 4.79 Å². The molecule has 2 aliphatic rings. The number of carbonyl (C=O) groups is 1. The van der Waals surface area contributed by atoms with Gasteiger partial charge in [0.25, 0.3) is 0 Å². The number of rotatable bonds is 1. The summed E-state index contributed by atoms with van der Waals surface area (Å²) in [7, 11) is 3.52. The summed E-state index contributed by atoms with van der Waals surface area (Å²) in [5.74, 6) is 1.02. The molecule has 1 aliphatic heterocycles. The number of hydrogen-bond acceptors (Lipinski definition) is 2. The van der Waals surface area contributed by atoms with E-state index in [2.05, 4.69) is 6.58 Å². The number of nitrogens with zero attached hydrogens (tertiary/aromatic N) is 1. The van der Waals surface area contributed by atoms with E-state index in [1.165, 1.54) is 0 Å². The van der Waals surface area contributed by atoms with Crippen LogP contribution >= 0.6 is 0 Å². The van der Waals surface area contributed by atoms with Crippen molar-refractivity contribution < 1.29 is 9.53 Å². The third-order valence-electron chi connectivity index (χ3n) is 4.64. The molecule has 1 aliphatic carbocycles. The van der Waals surface area contributed by atoms with Gasteiger partial charge >= 0.3 is 0 Å². The Bertz CT molecular complexity index is 556. The van der Waals surface area contributed by atoms with E-state index in [9.17, 15) is 4.79 Å². The third-order valence-corrected chi connectivity index (χ3v) is 4.64. The highest BCUT2D eigenvalue weighted by Crippen LogP contribution is 2.54. The Hall–Kier alpha value is -1.77. The maximum absolute atomic E-state index is 12.7. The van der Waals surface area contributed by atoms with Gasteiger partial charge in [-0.15, -0.1) is 0 Å². The predicted octanol–water partition coefficient (Wildman–Crippen LogP) is 3.25. The molecule has 19 heavy (non-hydrogen) atoms. The van der Waals surface area contributed by atoms with Crippen molar-refractivity contribution in [3.8, 4) is 5.75 Å². The number of ether oxygens (including phenoxy) is 1. The van der Waals surface area contributed by atoms with Gasteiger partial charge in [-0.05, 0) is 36.6 Å². The van der Waals surface area contributed by atoms with E-state index in [0.29, 0.717) is 0 Å². The van der Waals surface area contributed by atoms with Crippen molar-refractivity contribution >= 4 is 17.2 Å². The minimum atomic E-state index is -0.367. The van der Waals surface area contributed by atoms with Crippen molar-refractivity contribution in [3.05, 3.63) is 30.3 Å². The van der Waals surface area contributed by atoms with E-state index in [4.69, 9.17) is 4.74 Å². The van der Waals surface area contributed by atoms with Gasteiger partial charge in [0.05, 0.1) is 18.2 Å². The first-order valence-corrected chi connectivity index (χ1v) is 6.76. The molecule has 3 nitrogen and oxygen atoms in total. The molecule has 3 heteroatoms. The van der Waals surface area contributed by atoms with E-state index < -0.39 is 0 Å². The van der Waals surface area contributed by atoms with Crippen molar-refractivity contribution in [2.45, 2.75) is 25.7 Å². The number of benzene rings is 1. The second-order valence-electron chi connectivity index (χ2n) is 5.52. The second kappa shape index (κ2) is 4.12. The SMILES string of the molecule is C=C1c2cc(OC)ccc2N(C)C(=O)C12CCCC2. The molecule has 0 aromatic heterocycles. The number of carbonyl (C=O) groups excluding carboxylic acids is 1. The molecule has 0 saturated heterocycles. The van der Waals surface area contributed by atoms with Crippen molar-refractivity contribution in [1.29, 1.82) is 0 Å². The number of fused-ring (bicyclic) bond motifs is 1. The monoisotopic (exact) mass is 257 g/mol. The zero-order chi connectivity index (χ0) is 13.6. The lowest BCUT2D eigenvalue weighted by Gasteiger charge is -2.40. The van der Waals surface area contributed by atoms with Gasteiger partial charge in [0.1, 0.15) is 5.75 Å². The molecule has 1 fully saturated rings. The lowest BCUT2D eigenvalue weighted by Crippen LogP contribution is -2.45. The average molecular weight is 257 g/mol. The summed E-state index contributed by atoms with van der Waals surface area (Å²) < 4.78 is 5.30. The van der Waals surface area contributed by atoms with Crippen LogP contribution in [0, 0.1) is 5.41 Å². The quantitative estimate of drug-likeness (QED) is 0.773. The first kappa shape index (κ1) is 12.3. The van der Waals surface area contributed by atoms with Crippen molar-refractivity contribution in [2.24, 2.45) is 5.41 Å². The highest BCUT2D eigenvalue weighted by atomic mass is 16.5. The van der Waals surface area contributed by atoms with E-state index in [1.807, 2.05) is 25.2 Å². The highest BCUT2D eigenvalue weighted by Gasteiger charge is 2.49. The van der Waals surface area contributed by atoms with Crippen LogP contribution in [0.2, 0.25) is 0 Å². The second-order valence-corrected chi connectivity index (χ2v) is 5.52. The van der Waals surface area contributed by atoms with Crippen molar-refractivity contribution in [1.82, 2.24) is 0 Å². The van der Waals surface area contributed by atoms with Crippen LogP contribution < -0.4 is 9.64 Å². The number of anilines is 1. The van der Waals surface area contributed by atoms with Crippen LogP contribution in [0.1, 0.15) is 31.2 Å². The van der Waals surface area contributed by atoms with Crippen LogP contribution in [0.3, 0.4) is 0 Å². The Morgan fingerprint density at radius 1 is 1.32 bits per heavy atom. The maximum Gasteiger partial charge on any atom is 0.237 e. The lowest BCUT2D eigenvalue weighted by atomic mass is 9.72. The fourth-order valence-electron chi connectivity index (χ4n) is 3.49. The summed E-state index contributed by atoms with van der Waals surface area (Å²) in [6.07, 6.45) is 4.06. The standard InChI is InChI=1S/C16H19NO2/c1-11-13-10-12(19-3)6-7-14(13)17(2)15(18)16(11)8-4-5-9-16/h6-7,10H,1,4-5,8-9H2,2-3H3. The molecule has 1 heterocycles. The summed E-state index contributed by atoms with van der Waals surface area (Å²) in [5.41, 5.74) is 2.60. The number of hydrogen-bond donors (Lipinski definition) is 0. The first-order valence-electron chi connectivity index (χ1n) is 6.76. The third kappa shape index (κ3) is 1.54. The molecule has 0 N–H and O–H groups in total. The van der Waals surface area contributed by atoms with Gasteiger partial charge in [0.2, 0.25) is 5.91 Å². The predicted molar refractivity (Wildman–Crippen MR) is 76.3 cm³/mol. The first-order chi connectivity index (χ1) is 9.10. The largest absolute Gasteiger partial charge is 0.497 e. The van der Waals surface area contributed by atoms with Crippen LogP contribution in [0.15, 0.2) is 24.8 Å². The van der Waals surface area contributed by atoms with Crippen LogP contribution in [0.25, 0.3) is 5.57 Å². The number of methoxy groups -OCH3 is 1. The normalized spacial score (nSPS) is 20.8. The van der Waals surface area contributed by atoms with Crippen molar-refractivity contribution in [3.63, 3.8) is 0 Å². The van der Waals surface area contributed by atoms with E-state index in [-0.39, 0.29) is 11.3 Å². The zero-order valence-corrected chi connectivity index (χ0v) is 11.5. The van der Waals surface area contributed by atoms with Gasteiger partial charge < -0.3 is 9.64 Å². The molecule has 3 rings (SSSR count). The molecule has 0 radical (unpaired) electrons. The molecule has 1 aromatic carbocycles.